The molecule has 2 aliphatic carbocycles. The summed E-state index contributed by atoms with van der Waals surface area (Å²) in [5.41, 5.74) is 19.7. The predicted molar refractivity (Wildman–Crippen MR) is 294 cm³/mol. The number of fused-ring (bicyclic) bond motifs is 13. The average molecular weight is 907 g/mol. The van der Waals surface area contributed by atoms with Crippen molar-refractivity contribution < 1.29 is 4.42 Å². The number of hydrogen-bond donors (Lipinski definition) is 0. The van der Waals surface area contributed by atoms with Gasteiger partial charge in [0.05, 0.1) is 16.1 Å². The first-order valence-corrected chi connectivity index (χ1v) is 26.0. The summed E-state index contributed by atoms with van der Waals surface area (Å²) in [5.74, 6) is 0.947. The largest absolute Gasteiger partial charge is 0.440 e. The normalized spacial score (nSPS) is 18.4. The lowest BCUT2D eigenvalue weighted by atomic mass is 9.43. The summed E-state index contributed by atoms with van der Waals surface area (Å²) in [4.78, 5) is 5.32. The highest BCUT2D eigenvalue weighted by Gasteiger charge is 2.51. The number of rotatable bonds is 2. The third-order valence-electron chi connectivity index (χ3n) is 17.4. The number of benzene rings is 7. The van der Waals surface area contributed by atoms with Crippen LogP contribution in [-0.4, -0.2) is 6.85 Å². The van der Waals surface area contributed by atoms with Crippen molar-refractivity contribution in [3.63, 3.8) is 0 Å². The van der Waals surface area contributed by atoms with Crippen molar-refractivity contribution in [2.24, 2.45) is 0 Å². The molecule has 0 N–H and O–H groups in total. The fourth-order valence-electron chi connectivity index (χ4n) is 13.0. The lowest BCUT2D eigenvalue weighted by Gasteiger charge is -2.46. The molecule has 2 aromatic heterocycles. The molecule has 0 atom stereocenters. The Morgan fingerprint density at radius 1 is 0.559 bits per heavy atom. The van der Waals surface area contributed by atoms with Crippen LogP contribution in [0.4, 0.5) is 28.6 Å². The van der Waals surface area contributed by atoms with Gasteiger partial charge >= 0.3 is 6.85 Å². The molecule has 2 aliphatic heterocycles. The summed E-state index contributed by atoms with van der Waals surface area (Å²) < 4.78 is 10.4. The molecule has 0 spiro atoms. The number of hydrogen-bond acceptors (Lipinski definition) is 4. The van der Waals surface area contributed by atoms with Crippen molar-refractivity contribution in [1.82, 2.24) is 0 Å². The van der Waals surface area contributed by atoms with Crippen molar-refractivity contribution in [2.45, 2.75) is 136 Å². The summed E-state index contributed by atoms with van der Waals surface area (Å²) in [7, 11) is 0. The minimum absolute atomic E-state index is 0.0244. The van der Waals surface area contributed by atoms with Crippen LogP contribution in [0.2, 0.25) is 0 Å². The van der Waals surface area contributed by atoms with Crippen LogP contribution in [0.25, 0.3) is 53.0 Å². The van der Waals surface area contributed by atoms with Crippen molar-refractivity contribution in [2.75, 3.05) is 9.71 Å². The van der Waals surface area contributed by atoms with Gasteiger partial charge < -0.3 is 9.23 Å². The minimum atomic E-state index is -0.178. The number of thiophene rings is 1. The minimum Gasteiger partial charge on any atom is -0.440 e. The molecule has 0 radical (unpaired) electrons. The third-order valence-corrected chi connectivity index (χ3v) is 18.6. The summed E-state index contributed by atoms with van der Waals surface area (Å²) in [6.07, 6.45) is 4.63. The van der Waals surface area contributed by atoms with Gasteiger partial charge in [0.25, 0.3) is 0 Å². The van der Waals surface area contributed by atoms with Gasteiger partial charge in [0, 0.05) is 43.3 Å². The molecule has 0 saturated heterocycles. The van der Waals surface area contributed by atoms with E-state index in [9.17, 15) is 0 Å². The first-order valence-electron chi connectivity index (χ1n) is 25.2. The number of anilines is 5. The molecule has 340 valence electrons. The second kappa shape index (κ2) is 13.7. The topological polar surface area (TPSA) is 19.6 Å². The summed E-state index contributed by atoms with van der Waals surface area (Å²) in [5, 5.41) is 6.34. The van der Waals surface area contributed by atoms with Crippen LogP contribution >= 0.6 is 11.3 Å². The van der Waals surface area contributed by atoms with Gasteiger partial charge in [-0.3, -0.25) is 4.90 Å². The number of nitrogens with zero attached hydrogens (tertiary/aromatic N) is 2. The fourth-order valence-corrected chi connectivity index (χ4v) is 14.3. The Morgan fingerprint density at radius 2 is 1.15 bits per heavy atom. The predicted octanol–water partition coefficient (Wildman–Crippen LogP) is 17.0. The molecule has 0 bridgehead atoms. The van der Waals surface area contributed by atoms with E-state index in [0.29, 0.717) is 0 Å². The van der Waals surface area contributed by atoms with Crippen LogP contribution in [0.1, 0.15) is 135 Å². The molecule has 5 heteroatoms. The van der Waals surface area contributed by atoms with Gasteiger partial charge in [0.2, 0.25) is 5.88 Å². The van der Waals surface area contributed by atoms with Crippen LogP contribution in [0.5, 0.6) is 0 Å². The third kappa shape index (κ3) is 5.84. The highest BCUT2D eigenvalue weighted by molar-refractivity contribution is 7.26. The molecule has 0 unspecified atom stereocenters. The van der Waals surface area contributed by atoms with Crippen LogP contribution in [-0.2, 0) is 27.1 Å². The number of furan rings is 1. The molecule has 7 aromatic carbocycles. The van der Waals surface area contributed by atoms with Gasteiger partial charge in [-0.2, -0.15) is 0 Å². The van der Waals surface area contributed by atoms with Gasteiger partial charge in [0.15, 0.2) is 0 Å². The molecule has 9 aromatic rings. The quantitative estimate of drug-likeness (QED) is 0.161. The molecule has 3 nitrogen and oxygen atoms in total. The van der Waals surface area contributed by atoms with Crippen molar-refractivity contribution in [3.8, 4) is 11.1 Å². The Morgan fingerprint density at radius 3 is 1.81 bits per heavy atom. The van der Waals surface area contributed by atoms with E-state index in [1.807, 2.05) is 11.3 Å². The van der Waals surface area contributed by atoms with E-state index in [0.717, 1.165) is 30.7 Å². The SMILES string of the molecule is Cc1cc2c(cc1N1c3oc4cc5c(cc4c3B3c4c(cc6c(sc7ccccc76)c41)-c1cc4ccccc4cc1N3c1ccc(C(C)(C)C)cc1)C(C)(C)CCC5(C)C)C(C)(C)CCC2(C)C. The van der Waals surface area contributed by atoms with Crippen molar-refractivity contribution in [1.29, 1.82) is 0 Å². The molecule has 0 amide bonds. The monoisotopic (exact) mass is 906 g/mol. The highest BCUT2D eigenvalue weighted by Crippen LogP contribution is 2.57. The zero-order valence-corrected chi connectivity index (χ0v) is 42.9. The standard InChI is InChI=1S/C63H63BN2OS/c1-36-29-46-48(62(9,10)27-25-60(46,5)6)34-50(36)65-56-54-43(32-44-41-19-15-16-20-53(41)68-57(44)56)42-30-37-17-13-14-18-38(37)31-51(42)66(40-23-21-39(22-24-40)59(2,3)4)64(54)55-45-33-47-49(35-52(45)67-58(55)65)63(11,12)28-26-61(47,7)8/h13-24,29-35H,25-28H2,1-12H3. The van der Waals surface area contributed by atoms with E-state index in [1.165, 1.54) is 121 Å². The van der Waals surface area contributed by atoms with E-state index >= 15 is 0 Å². The van der Waals surface area contributed by atoms with Crippen LogP contribution in [0.15, 0.2) is 120 Å². The second-order valence-corrected chi connectivity index (χ2v) is 25.8. The van der Waals surface area contributed by atoms with Gasteiger partial charge in [-0.1, -0.05) is 137 Å². The van der Waals surface area contributed by atoms with E-state index in [2.05, 4.69) is 208 Å². The zero-order valence-electron chi connectivity index (χ0n) is 42.1. The van der Waals surface area contributed by atoms with Gasteiger partial charge in [-0.25, -0.2) is 0 Å². The highest BCUT2D eigenvalue weighted by atomic mass is 32.1. The second-order valence-electron chi connectivity index (χ2n) is 24.7. The van der Waals surface area contributed by atoms with Crippen LogP contribution < -0.4 is 20.6 Å². The average Bonchev–Trinajstić information content (AvgIpc) is 3.87. The summed E-state index contributed by atoms with van der Waals surface area (Å²) >= 11 is 1.94. The lowest BCUT2D eigenvalue weighted by molar-refractivity contribution is 0.332. The maximum atomic E-state index is 7.76. The van der Waals surface area contributed by atoms with Crippen molar-refractivity contribution >= 4 is 99.7 Å². The molecule has 4 aliphatic rings. The molecular weight excluding hydrogens is 844 g/mol. The maximum absolute atomic E-state index is 7.76. The first kappa shape index (κ1) is 42.3. The zero-order chi connectivity index (χ0) is 47.2. The summed E-state index contributed by atoms with van der Waals surface area (Å²) in [6.45, 7) is 28.8. The Bertz CT molecular complexity index is 3650. The van der Waals surface area contributed by atoms with Gasteiger partial charge in [0.1, 0.15) is 5.58 Å². The molecule has 13 rings (SSSR count). The molecule has 68 heavy (non-hydrogen) atoms. The van der Waals surface area contributed by atoms with E-state index in [-0.39, 0.29) is 33.9 Å². The van der Waals surface area contributed by atoms with Crippen LogP contribution in [0.3, 0.4) is 0 Å². The molecular formula is C63H63BN2OS. The Hall–Kier alpha value is -5.78. The van der Waals surface area contributed by atoms with Crippen molar-refractivity contribution in [3.05, 3.63) is 149 Å². The first-order chi connectivity index (χ1) is 32.2. The molecule has 4 heterocycles. The van der Waals surface area contributed by atoms with Gasteiger partial charge in [-0.15, -0.1) is 11.3 Å². The fraction of sp³-hybridized carbons (Fsp3) is 0.333. The van der Waals surface area contributed by atoms with Crippen LogP contribution in [0, 0.1) is 6.92 Å². The summed E-state index contributed by atoms with van der Waals surface area (Å²) in [6, 6.07) is 45.2. The number of aryl methyl sites for hydroxylation is 1. The maximum Gasteiger partial charge on any atom is 0.337 e. The smallest absolute Gasteiger partial charge is 0.337 e. The van der Waals surface area contributed by atoms with E-state index < -0.39 is 0 Å². The Labute approximate surface area is 407 Å². The molecule has 0 fully saturated rings. The lowest BCUT2D eigenvalue weighted by Crippen LogP contribution is -2.61. The van der Waals surface area contributed by atoms with E-state index in [1.54, 1.807) is 0 Å². The van der Waals surface area contributed by atoms with Gasteiger partial charge in [-0.05, 0) is 169 Å². The molecule has 0 saturated carbocycles. The van der Waals surface area contributed by atoms with E-state index in [4.69, 9.17) is 4.42 Å². The Kier molecular flexibility index (Phi) is 8.54. The Balaban J connectivity index is 1.23.